The lowest BCUT2D eigenvalue weighted by atomic mass is 10.3. The molecule has 0 saturated carbocycles. The molecule has 0 aromatic heterocycles. The molecule has 0 fully saturated rings. The molecule has 0 radical (unpaired) electrons. The summed E-state index contributed by atoms with van der Waals surface area (Å²) in [5.74, 6) is -1.08. The highest BCUT2D eigenvalue weighted by molar-refractivity contribution is 9.16. The molecule has 0 spiro atoms. The Morgan fingerprint density at radius 3 is 1.83 bits per heavy atom. The Bertz CT molecular complexity index is 646. The fourth-order valence-electron chi connectivity index (χ4n) is 1.21. The number of esters is 2. The predicted octanol–water partition coefficient (Wildman–Crippen LogP) is 6.66. The van der Waals surface area contributed by atoms with E-state index < -0.39 is 11.9 Å². The first-order valence-corrected chi connectivity index (χ1v) is 12.0. The molecule has 0 N–H and O–H groups in total. The Labute approximate surface area is 197 Å². The molecule has 0 saturated heterocycles. The van der Waals surface area contributed by atoms with Crippen LogP contribution < -0.4 is 4.74 Å². The zero-order chi connectivity index (χ0) is 18.4. The molecule has 1 aromatic rings. The van der Waals surface area contributed by atoms with Gasteiger partial charge in [-0.05, 0) is 79.6 Å². The van der Waals surface area contributed by atoms with E-state index in [0.717, 1.165) is 16.6 Å². The Morgan fingerprint density at radius 1 is 0.875 bits per heavy atom. The molecule has 1 aromatic carbocycles. The Kier molecular flexibility index (Phi) is 10.9. The van der Waals surface area contributed by atoms with E-state index in [0.29, 0.717) is 23.2 Å². The minimum absolute atomic E-state index is 0.00572. The number of carbonyl (C=O) groups is 2. The van der Waals surface area contributed by atoms with E-state index in [2.05, 4.69) is 112 Å². The van der Waals surface area contributed by atoms with Crippen molar-refractivity contribution in [2.75, 3.05) is 11.9 Å². The molecule has 11 heteroatoms. The second-order valence-corrected chi connectivity index (χ2v) is 9.94. The van der Waals surface area contributed by atoms with Crippen LogP contribution in [0.4, 0.5) is 0 Å². The Balaban J connectivity index is 2.79. The van der Waals surface area contributed by atoms with E-state index in [1.807, 2.05) is 0 Å². The third kappa shape index (κ3) is 6.77. The fraction of sp³-hybridized carbons (Fsp3) is 0.231. The Hall–Kier alpha value is 1.26. The van der Waals surface area contributed by atoms with Crippen molar-refractivity contribution in [2.24, 2.45) is 0 Å². The number of alkyl halides is 2. The molecular formula is C13H7Br7O4. The van der Waals surface area contributed by atoms with E-state index in [1.165, 1.54) is 0 Å². The summed E-state index contributed by atoms with van der Waals surface area (Å²) in [5, 5.41) is 0.640. The molecule has 0 aliphatic heterocycles. The predicted molar refractivity (Wildman–Crippen MR) is 117 cm³/mol. The first-order chi connectivity index (χ1) is 11.2. The van der Waals surface area contributed by atoms with Gasteiger partial charge in [0.1, 0.15) is 6.61 Å². The van der Waals surface area contributed by atoms with Crippen LogP contribution in [-0.4, -0.2) is 28.7 Å². The highest BCUT2D eigenvalue weighted by Gasteiger charge is 2.20. The molecule has 0 heterocycles. The van der Waals surface area contributed by atoms with Gasteiger partial charge in [0.05, 0.1) is 22.7 Å². The van der Waals surface area contributed by atoms with Crippen molar-refractivity contribution in [1.29, 1.82) is 0 Å². The van der Waals surface area contributed by atoms with Crippen molar-refractivity contribution in [3.8, 4) is 5.75 Å². The van der Waals surface area contributed by atoms with Crippen LogP contribution in [0.1, 0.15) is 0 Å². The minimum atomic E-state index is -0.717. The molecule has 132 valence electrons. The lowest BCUT2D eigenvalue weighted by Crippen LogP contribution is -2.14. The molecule has 1 rings (SSSR count). The maximum atomic E-state index is 11.9. The first-order valence-electron chi connectivity index (χ1n) is 5.97. The summed E-state index contributed by atoms with van der Waals surface area (Å²) in [7, 11) is 0. The Morgan fingerprint density at radius 2 is 1.33 bits per heavy atom. The van der Waals surface area contributed by atoms with E-state index >= 15 is 0 Å². The van der Waals surface area contributed by atoms with Crippen LogP contribution in [0.25, 0.3) is 0 Å². The van der Waals surface area contributed by atoms with Crippen molar-refractivity contribution >= 4 is 123 Å². The van der Waals surface area contributed by atoms with Crippen LogP contribution >= 0.6 is 112 Å². The van der Waals surface area contributed by atoms with Crippen molar-refractivity contribution in [1.82, 2.24) is 0 Å². The number of hydrogen-bond donors (Lipinski definition) is 0. The first kappa shape index (κ1) is 23.3. The number of hydrogen-bond acceptors (Lipinski definition) is 4. The van der Waals surface area contributed by atoms with E-state index in [4.69, 9.17) is 9.47 Å². The van der Waals surface area contributed by atoms with Gasteiger partial charge in [-0.2, -0.15) is 0 Å². The standard InChI is InChI=1S/C13H7Br7O4/c14-3-5(15)4-23-6(21)1-2-7(22)24-13-11(19)9(17)8(16)10(18)12(13)20/h1-2,5H,3-4H2. The molecule has 0 bridgehead atoms. The SMILES string of the molecule is O=C(C=CC(=O)Oc1c(Br)c(Br)c(Br)c(Br)c1Br)OCC(Br)CBr. The van der Waals surface area contributed by atoms with E-state index in [1.54, 1.807) is 0 Å². The maximum absolute atomic E-state index is 11.9. The largest absolute Gasteiger partial charge is 0.461 e. The number of carbonyl (C=O) groups excluding carboxylic acids is 2. The normalized spacial score (nSPS) is 12.3. The summed E-state index contributed by atoms with van der Waals surface area (Å²) in [5.41, 5.74) is 0. The average molecular weight is 787 g/mol. The van der Waals surface area contributed by atoms with Crippen LogP contribution in [0, 0.1) is 0 Å². The third-order valence-corrected chi connectivity index (χ3v) is 10.6. The third-order valence-electron chi connectivity index (χ3n) is 2.30. The molecule has 24 heavy (non-hydrogen) atoms. The molecule has 4 nitrogen and oxygen atoms in total. The van der Waals surface area contributed by atoms with Crippen LogP contribution in [-0.2, 0) is 14.3 Å². The summed E-state index contributed by atoms with van der Waals surface area (Å²) in [6.07, 6.45) is 2.02. The van der Waals surface area contributed by atoms with Crippen molar-refractivity contribution in [3.05, 3.63) is 34.5 Å². The topological polar surface area (TPSA) is 52.6 Å². The van der Waals surface area contributed by atoms with E-state index in [9.17, 15) is 9.59 Å². The summed E-state index contributed by atoms with van der Waals surface area (Å²) in [4.78, 5) is 23.4. The molecule has 0 aliphatic rings. The number of benzene rings is 1. The number of ether oxygens (including phenoxy) is 2. The van der Waals surface area contributed by atoms with Gasteiger partial charge in [-0.3, -0.25) is 0 Å². The van der Waals surface area contributed by atoms with Crippen LogP contribution in [0.3, 0.4) is 0 Å². The van der Waals surface area contributed by atoms with Gasteiger partial charge in [0, 0.05) is 22.0 Å². The maximum Gasteiger partial charge on any atom is 0.336 e. The fourth-order valence-corrected chi connectivity index (χ4v) is 4.70. The number of halogens is 7. The monoisotopic (exact) mass is 779 g/mol. The van der Waals surface area contributed by atoms with Gasteiger partial charge in [0.15, 0.2) is 5.75 Å². The summed E-state index contributed by atoms with van der Waals surface area (Å²) in [6, 6.07) is 0. The van der Waals surface area contributed by atoms with Gasteiger partial charge in [-0.25, -0.2) is 9.59 Å². The van der Waals surface area contributed by atoms with Gasteiger partial charge in [0.2, 0.25) is 0 Å². The zero-order valence-corrected chi connectivity index (χ0v) is 22.5. The van der Waals surface area contributed by atoms with Gasteiger partial charge in [-0.1, -0.05) is 31.9 Å². The van der Waals surface area contributed by atoms with Gasteiger partial charge < -0.3 is 9.47 Å². The summed E-state index contributed by atoms with van der Waals surface area (Å²) >= 11 is 23.4. The highest BCUT2D eigenvalue weighted by atomic mass is 79.9. The summed E-state index contributed by atoms with van der Waals surface area (Å²) < 4.78 is 13.4. The smallest absolute Gasteiger partial charge is 0.336 e. The second-order valence-electron chi connectivity index (χ2n) is 4.04. The average Bonchev–Trinajstić information content (AvgIpc) is 2.57. The molecule has 0 aliphatic carbocycles. The second kappa shape index (κ2) is 11.2. The van der Waals surface area contributed by atoms with Gasteiger partial charge >= 0.3 is 11.9 Å². The van der Waals surface area contributed by atoms with Crippen LogP contribution in [0.2, 0.25) is 0 Å². The minimum Gasteiger partial charge on any atom is -0.461 e. The summed E-state index contributed by atoms with van der Waals surface area (Å²) in [6.45, 7) is 0.188. The number of rotatable bonds is 6. The quantitative estimate of drug-likeness (QED) is 0.0809. The van der Waals surface area contributed by atoms with Crippen molar-refractivity contribution < 1.29 is 19.1 Å². The zero-order valence-electron chi connectivity index (χ0n) is 11.4. The van der Waals surface area contributed by atoms with E-state index in [-0.39, 0.29) is 17.2 Å². The lowest BCUT2D eigenvalue weighted by Gasteiger charge is -2.12. The lowest BCUT2D eigenvalue weighted by molar-refractivity contribution is -0.138. The highest BCUT2D eigenvalue weighted by Crippen LogP contribution is 2.48. The molecule has 1 atom stereocenters. The molecule has 0 amide bonds. The van der Waals surface area contributed by atoms with Crippen LogP contribution in [0.5, 0.6) is 5.75 Å². The molecular weight excluding hydrogens is 779 g/mol. The van der Waals surface area contributed by atoms with Gasteiger partial charge in [-0.15, -0.1) is 0 Å². The van der Waals surface area contributed by atoms with Crippen LogP contribution in [0.15, 0.2) is 34.5 Å². The molecule has 1 unspecified atom stereocenters. The van der Waals surface area contributed by atoms with Crippen molar-refractivity contribution in [2.45, 2.75) is 4.83 Å². The van der Waals surface area contributed by atoms with Crippen molar-refractivity contribution in [3.63, 3.8) is 0 Å². The van der Waals surface area contributed by atoms with Gasteiger partial charge in [0.25, 0.3) is 0 Å².